The van der Waals surface area contributed by atoms with Crippen molar-refractivity contribution >= 4 is 32.1 Å². The van der Waals surface area contributed by atoms with E-state index < -0.39 is 32.1 Å². The Morgan fingerprint density at radius 1 is 0.909 bits per heavy atom. The summed E-state index contributed by atoms with van der Waals surface area (Å²) in [5.74, 6) is -2.35. The van der Waals surface area contributed by atoms with E-state index in [0.29, 0.717) is 11.6 Å². The molecular weight excluding hydrogens is 462 g/mol. The fraction of sp³-hybridized carbons (Fsp3) is 0.0800. The van der Waals surface area contributed by atoms with Crippen LogP contribution in [0.25, 0.3) is 31.8 Å². The Balaban J connectivity index is 1.43. The maximum Gasteiger partial charge on any atom is 0.185 e. The van der Waals surface area contributed by atoms with Crippen molar-refractivity contribution in [3.05, 3.63) is 96.5 Å². The number of aryl methyl sites for hydroxylation is 1. The highest BCUT2D eigenvalue weighted by atomic mass is 32.2. The highest BCUT2D eigenvalue weighted by Gasteiger charge is 2.21. The highest BCUT2D eigenvalue weighted by Crippen LogP contribution is 2.36. The first-order valence-corrected chi connectivity index (χ1v) is 12.5. The Morgan fingerprint density at radius 2 is 1.70 bits per heavy atom. The van der Waals surface area contributed by atoms with E-state index in [2.05, 4.69) is 33.8 Å². The van der Waals surface area contributed by atoms with Crippen LogP contribution < -0.4 is 0 Å². The molecule has 0 spiro atoms. The summed E-state index contributed by atoms with van der Waals surface area (Å²) in [6.45, 7) is 0. The Hall–Kier alpha value is -3.36. The lowest BCUT2D eigenvalue weighted by molar-refractivity contribution is 0.549. The van der Waals surface area contributed by atoms with E-state index in [-0.39, 0.29) is 0 Å². The summed E-state index contributed by atoms with van der Waals surface area (Å²) in [7, 11) is -1.99. The van der Waals surface area contributed by atoms with Gasteiger partial charge in [0.1, 0.15) is 16.5 Å². The lowest BCUT2D eigenvalue weighted by Gasteiger charge is -2.07. The molecule has 0 radical (unpaired) electrons. The molecule has 0 saturated carbocycles. The van der Waals surface area contributed by atoms with Gasteiger partial charge in [-0.3, -0.25) is 4.98 Å². The van der Waals surface area contributed by atoms with Gasteiger partial charge in [0, 0.05) is 57.9 Å². The van der Waals surface area contributed by atoms with Gasteiger partial charge in [-0.1, -0.05) is 6.07 Å². The van der Waals surface area contributed by atoms with Gasteiger partial charge >= 0.3 is 0 Å². The minimum absolute atomic E-state index is 0.428. The van der Waals surface area contributed by atoms with Gasteiger partial charge in [0.15, 0.2) is 9.84 Å². The molecule has 0 fully saturated rings. The minimum Gasteiger partial charge on any atom is -0.351 e. The molecule has 8 heteroatoms. The summed E-state index contributed by atoms with van der Waals surface area (Å²) in [6.07, 6.45) is 5.14. The average Bonchev–Trinajstić information content (AvgIpc) is 3.40. The molecule has 4 nitrogen and oxygen atoms in total. The number of pyridine rings is 1. The van der Waals surface area contributed by atoms with E-state index in [1.54, 1.807) is 23.6 Å². The number of aromatic nitrogens is 2. The van der Waals surface area contributed by atoms with Gasteiger partial charge in [0.25, 0.3) is 0 Å². The van der Waals surface area contributed by atoms with Crippen LogP contribution in [-0.4, -0.2) is 18.0 Å². The first-order valence-electron chi connectivity index (χ1n) is 10.1. The second-order valence-corrected chi connectivity index (χ2v) is 10.8. The largest absolute Gasteiger partial charge is 0.351 e. The number of hydrogen-bond acceptors (Lipinski definition) is 4. The zero-order valence-corrected chi connectivity index (χ0v) is 19.1. The quantitative estimate of drug-likeness (QED) is 0.281. The van der Waals surface area contributed by atoms with Crippen molar-refractivity contribution < 1.29 is 17.2 Å². The number of sulfone groups is 1. The van der Waals surface area contributed by atoms with Gasteiger partial charge in [-0.2, -0.15) is 0 Å². The lowest BCUT2D eigenvalue weighted by Crippen LogP contribution is -2.08. The molecule has 0 saturated heterocycles. The maximum absolute atomic E-state index is 14.0. The third-order valence-electron chi connectivity index (χ3n) is 5.44. The van der Waals surface area contributed by atoms with Crippen LogP contribution in [0.4, 0.5) is 8.78 Å². The van der Waals surface area contributed by atoms with E-state index in [0.717, 1.165) is 43.9 Å². The first kappa shape index (κ1) is 21.5. The van der Waals surface area contributed by atoms with Gasteiger partial charge in [-0.15, -0.1) is 11.3 Å². The molecule has 5 rings (SSSR count). The van der Waals surface area contributed by atoms with Crippen molar-refractivity contribution in [3.63, 3.8) is 0 Å². The molecule has 33 heavy (non-hydrogen) atoms. The Labute approximate surface area is 193 Å². The van der Waals surface area contributed by atoms with Crippen molar-refractivity contribution in [2.45, 2.75) is 10.6 Å². The van der Waals surface area contributed by atoms with Crippen molar-refractivity contribution in [2.75, 3.05) is 0 Å². The number of fused-ring (bicyclic) bond motifs is 1. The zero-order valence-electron chi connectivity index (χ0n) is 17.5. The molecule has 0 amide bonds. The summed E-state index contributed by atoms with van der Waals surface area (Å²) in [5.41, 5.74) is 3.46. The molecule has 2 aromatic carbocycles. The summed E-state index contributed by atoms with van der Waals surface area (Å²) in [4.78, 5) is 5.69. The van der Waals surface area contributed by atoms with Crippen LogP contribution in [0.1, 0.15) is 5.56 Å². The molecule has 3 aromatic heterocycles. The second kappa shape index (κ2) is 8.20. The fourth-order valence-electron chi connectivity index (χ4n) is 3.81. The van der Waals surface area contributed by atoms with Crippen molar-refractivity contribution in [1.29, 1.82) is 0 Å². The normalized spacial score (nSPS) is 11.8. The van der Waals surface area contributed by atoms with E-state index in [1.807, 2.05) is 25.4 Å². The SMILES string of the molecule is Cn1ccc2cc(-c3ccc(-c4cncc(CS(=O)(=O)c5ccc(F)cc5F)c4)s3)ccc21. The predicted octanol–water partition coefficient (Wildman–Crippen LogP) is 6.22. The number of benzene rings is 2. The van der Waals surface area contributed by atoms with Gasteiger partial charge < -0.3 is 4.57 Å². The van der Waals surface area contributed by atoms with E-state index in [1.165, 1.54) is 6.20 Å². The standard InChI is InChI=1S/C25H18F2N2O2S2/c1-29-9-8-17-11-18(2-4-22(17)29)23-5-6-24(32-23)19-10-16(13-28-14-19)15-33(30,31)25-7-3-20(26)12-21(25)27/h2-14H,15H2,1H3. The Kier molecular flexibility index (Phi) is 5.34. The molecule has 0 atom stereocenters. The van der Waals surface area contributed by atoms with Crippen LogP contribution in [0.5, 0.6) is 0 Å². The number of halogens is 2. The Morgan fingerprint density at radius 3 is 2.48 bits per heavy atom. The third kappa shape index (κ3) is 4.19. The van der Waals surface area contributed by atoms with Gasteiger partial charge in [-0.25, -0.2) is 17.2 Å². The maximum atomic E-state index is 14.0. The molecule has 0 unspecified atom stereocenters. The number of nitrogens with zero attached hydrogens (tertiary/aromatic N) is 2. The minimum atomic E-state index is -4.00. The number of rotatable bonds is 5. The topological polar surface area (TPSA) is 52.0 Å². The van der Waals surface area contributed by atoms with Crippen molar-refractivity contribution in [2.24, 2.45) is 7.05 Å². The summed E-state index contributed by atoms with van der Waals surface area (Å²) in [5, 5.41) is 1.16. The molecule has 0 N–H and O–H groups in total. The zero-order chi connectivity index (χ0) is 23.2. The van der Waals surface area contributed by atoms with Crippen LogP contribution in [0.2, 0.25) is 0 Å². The third-order valence-corrected chi connectivity index (χ3v) is 8.34. The number of hydrogen-bond donors (Lipinski definition) is 0. The van der Waals surface area contributed by atoms with Crippen molar-refractivity contribution in [1.82, 2.24) is 9.55 Å². The van der Waals surface area contributed by atoms with Gasteiger partial charge in [0.2, 0.25) is 0 Å². The van der Waals surface area contributed by atoms with E-state index >= 15 is 0 Å². The fourth-order valence-corrected chi connectivity index (χ4v) is 6.18. The Bertz CT molecular complexity index is 1600. The summed E-state index contributed by atoms with van der Waals surface area (Å²) >= 11 is 1.58. The van der Waals surface area contributed by atoms with Crippen LogP contribution in [-0.2, 0) is 22.6 Å². The smallest absolute Gasteiger partial charge is 0.185 e. The van der Waals surface area contributed by atoms with Gasteiger partial charge in [-0.05, 0) is 59.7 Å². The average molecular weight is 481 g/mol. The van der Waals surface area contributed by atoms with E-state index in [9.17, 15) is 17.2 Å². The lowest BCUT2D eigenvalue weighted by atomic mass is 10.1. The molecule has 5 aromatic rings. The van der Waals surface area contributed by atoms with Crippen LogP contribution in [0.3, 0.4) is 0 Å². The molecule has 0 aliphatic rings. The van der Waals surface area contributed by atoms with E-state index in [4.69, 9.17) is 0 Å². The van der Waals surface area contributed by atoms with Crippen LogP contribution in [0.15, 0.2) is 84.1 Å². The van der Waals surface area contributed by atoms with Gasteiger partial charge in [0.05, 0.1) is 5.75 Å². The molecule has 3 heterocycles. The number of thiophene rings is 1. The second-order valence-electron chi connectivity index (χ2n) is 7.78. The first-order chi connectivity index (χ1) is 15.8. The molecular formula is C25H18F2N2O2S2. The monoisotopic (exact) mass is 480 g/mol. The summed E-state index contributed by atoms with van der Waals surface area (Å²) in [6, 6.07) is 16.6. The summed E-state index contributed by atoms with van der Waals surface area (Å²) < 4.78 is 54.6. The molecule has 0 bridgehead atoms. The highest BCUT2D eigenvalue weighted by molar-refractivity contribution is 7.90. The molecule has 0 aliphatic heterocycles. The van der Waals surface area contributed by atoms with Crippen LogP contribution in [0, 0.1) is 11.6 Å². The molecule has 0 aliphatic carbocycles. The predicted molar refractivity (Wildman–Crippen MR) is 127 cm³/mol. The van der Waals surface area contributed by atoms with Crippen molar-refractivity contribution in [3.8, 4) is 20.9 Å². The van der Waals surface area contributed by atoms with Crippen LogP contribution >= 0.6 is 11.3 Å². The molecule has 166 valence electrons.